The quantitative estimate of drug-likeness (QED) is 0.563. The molecule has 0 heterocycles. The van der Waals surface area contributed by atoms with Gasteiger partial charge in [0.15, 0.2) is 11.6 Å². The summed E-state index contributed by atoms with van der Waals surface area (Å²) in [7, 11) is 0. The summed E-state index contributed by atoms with van der Waals surface area (Å²) in [6, 6.07) is 4.01. The Balaban J connectivity index is 3.18. The first-order valence-corrected chi connectivity index (χ1v) is 3.57. The molecule has 0 nitrogen and oxygen atoms in total. The molecule has 0 aromatic heterocycles. The van der Waals surface area contributed by atoms with Crippen LogP contribution >= 0.6 is 0 Å². The summed E-state index contributed by atoms with van der Waals surface area (Å²) in [5.41, 5.74) is 0.234. The summed E-state index contributed by atoms with van der Waals surface area (Å²) in [6.07, 6.45) is 5.08. The zero-order valence-corrected chi connectivity index (χ0v) is 6.64. The van der Waals surface area contributed by atoms with E-state index in [9.17, 15) is 8.78 Å². The van der Waals surface area contributed by atoms with Crippen LogP contribution in [0.25, 0.3) is 0 Å². The highest BCUT2D eigenvalue weighted by Gasteiger charge is 2.11. The second-order valence-electron chi connectivity index (χ2n) is 2.53. The van der Waals surface area contributed by atoms with Crippen LogP contribution in [0.4, 0.5) is 8.78 Å². The van der Waals surface area contributed by atoms with Gasteiger partial charge < -0.3 is 0 Å². The van der Waals surface area contributed by atoms with Crippen LogP contribution < -0.4 is 0 Å². The van der Waals surface area contributed by atoms with Gasteiger partial charge in [0.2, 0.25) is 0 Å². The molecule has 0 radical (unpaired) electrons. The van der Waals surface area contributed by atoms with Crippen molar-refractivity contribution in [3.8, 4) is 12.3 Å². The van der Waals surface area contributed by atoms with Crippen molar-refractivity contribution in [2.24, 2.45) is 0 Å². The number of rotatable bonds is 1. The van der Waals surface area contributed by atoms with Crippen molar-refractivity contribution in [1.29, 1.82) is 0 Å². The molecule has 0 bridgehead atoms. The minimum absolute atomic E-state index is 0.234. The molecule has 62 valence electrons. The van der Waals surface area contributed by atoms with Gasteiger partial charge >= 0.3 is 0 Å². The lowest BCUT2D eigenvalue weighted by atomic mass is 10.0. The van der Waals surface area contributed by atoms with E-state index in [4.69, 9.17) is 6.42 Å². The summed E-state index contributed by atoms with van der Waals surface area (Å²) in [4.78, 5) is 0. The number of halogens is 2. The van der Waals surface area contributed by atoms with Gasteiger partial charge in [-0.15, -0.1) is 6.42 Å². The molecule has 12 heavy (non-hydrogen) atoms. The fourth-order valence-electron chi connectivity index (χ4n) is 0.945. The van der Waals surface area contributed by atoms with E-state index < -0.39 is 11.6 Å². The van der Waals surface area contributed by atoms with Gasteiger partial charge in [-0.25, -0.2) is 8.78 Å². The third kappa shape index (κ3) is 1.45. The number of hydrogen-bond donors (Lipinski definition) is 0. The molecule has 0 aliphatic rings. The van der Waals surface area contributed by atoms with Gasteiger partial charge in [-0.05, 0) is 13.0 Å². The highest BCUT2D eigenvalue weighted by atomic mass is 19.2. The highest BCUT2D eigenvalue weighted by Crippen LogP contribution is 2.19. The number of terminal acetylenes is 1. The number of hydrogen-bond acceptors (Lipinski definition) is 0. The fourth-order valence-corrected chi connectivity index (χ4v) is 0.945. The van der Waals surface area contributed by atoms with Crippen LogP contribution in [-0.2, 0) is 0 Å². The minimum atomic E-state index is -0.852. The molecule has 1 aromatic rings. The summed E-state index contributed by atoms with van der Waals surface area (Å²) in [5, 5.41) is 0. The van der Waals surface area contributed by atoms with Gasteiger partial charge in [-0.1, -0.05) is 18.1 Å². The molecule has 0 aliphatic carbocycles. The first-order valence-electron chi connectivity index (χ1n) is 3.57. The summed E-state index contributed by atoms with van der Waals surface area (Å²) in [6.45, 7) is 1.65. The van der Waals surface area contributed by atoms with Crippen molar-refractivity contribution in [2.45, 2.75) is 12.8 Å². The van der Waals surface area contributed by atoms with Gasteiger partial charge in [-0.2, -0.15) is 0 Å². The Labute approximate surface area is 70.2 Å². The summed E-state index contributed by atoms with van der Waals surface area (Å²) >= 11 is 0. The Morgan fingerprint density at radius 3 is 2.67 bits per heavy atom. The predicted molar refractivity (Wildman–Crippen MR) is 43.6 cm³/mol. The Bertz CT molecular complexity index is 323. The number of benzene rings is 1. The second-order valence-corrected chi connectivity index (χ2v) is 2.53. The zero-order valence-electron chi connectivity index (χ0n) is 6.64. The summed E-state index contributed by atoms with van der Waals surface area (Å²) in [5.74, 6) is 0.258. The van der Waals surface area contributed by atoms with E-state index in [1.807, 2.05) is 0 Å². The van der Waals surface area contributed by atoms with Gasteiger partial charge in [0, 0.05) is 11.5 Å². The second kappa shape index (κ2) is 3.36. The topological polar surface area (TPSA) is 0 Å². The molecule has 0 amide bonds. The van der Waals surface area contributed by atoms with Crippen molar-refractivity contribution in [3.63, 3.8) is 0 Å². The molecule has 0 aliphatic heterocycles. The maximum Gasteiger partial charge on any atom is 0.163 e. The monoisotopic (exact) mass is 166 g/mol. The maximum atomic E-state index is 13.0. The van der Waals surface area contributed by atoms with Crippen molar-refractivity contribution < 1.29 is 8.78 Å². The normalized spacial score (nSPS) is 12.2. The predicted octanol–water partition coefficient (Wildman–Crippen LogP) is 2.70. The van der Waals surface area contributed by atoms with E-state index in [2.05, 4.69) is 5.92 Å². The molecule has 0 spiro atoms. The van der Waals surface area contributed by atoms with Crippen molar-refractivity contribution in [1.82, 2.24) is 0 Å². The van der Waals surface area contributed by atoms with Gasteiger partial charge in [0.25, 0.3) is 0 Å². The Kier molecular flexibility index (Phi) is 2.44. The van der Waals surface area contributed by atoms with E-state index in [1.54, 1.807) is 6.92 Å². The zero-order chi connectivity index (χ0) is 9.14. The molecule has 0 saturated heterocycles. The standard InChI is InChI=1S/C10H8F2/c1-3-7(2)8-5-4-6-9(11)10(8)12/h1,4-7H,2H3. The molecule has 1 rings (SSSR count). The van der Waals surface area contributed by atoms with Crippen LogP contribution in [0.1, 0.15) is 18.4 Å². The van der Waals surface area contributed by atoms with Gasteiger partial charge in [0.05, 0.1) is 0 Å². The third-order valence-electron chi connectivity index (χ3n) is 1.70. The first-order chi connectivity index (χ1) is 5.66. The van der Waals surface area contributed by atoms with Crippen molar-refractivity contribution in [3.05, 3.63) is 35.4 Å². The van der Waals surface area contributed by atoms with E-state index in [0.29, 0.717) is 0 Å². The van der Waals surface area contributed by atoms with E-state index in [0.717, 1.165) is 6.07 Å². The molecular formula is C10H8F2. The first kappa shape index (κ1) is 8.73. The summed E-state index contributed by atoms with van der Waals surface area (Å²) < 4.78 is 25.6. The van der Waals surface area contributed by atoms with E-state index in [1.165, 1.54) is 12.1 Å². The Morgan fingerprint density at radius 1 is 1.42 bits per heavy atom. The SMILES string of the molecule is C#CC(C)c1cccc(F)c1F. The third-order valence-corrected chi connectivity index (χ3v) is 1.70. The van der Waals surface area contributed by atoms with Crippen LogP contribution in [0.5, 0.6) is 0 Å². The van der Waals surface area contributed by atoms with E-state index in [-0.39, 0.29) is 11.5 Å². The molecule has 2 heteroatoms. The smallest absolute Gasteiger partial charge is 0.163 e. The lowest BCUT2D eigenvalue weighted by Crippen LogP contribution is -1.96. The molecule has 1 atom stereocenters. The average molecular weight is 166 g/mol. The fraction of sp³-hybridized carbons (Fsp3) is 0.200. The van der Waals surface area contributed by atoms with Crippen molar-refractivity contribution in [2.75, 3.05) is 0 Å². The van der Waals surface area contributed by atoms with Crippen LogP contribution in [-0.4, -0.2) is 0 Å². The largest absolute Gasteiger partial charge is 0.204 e. The van der Waals surface area contributed by atoms with E-state index >= 15 is 0 Å². The molecule has 0 fully saturated rings. The molecule has 1 unspecified atom stereocenters. The molecule has 1 aromatic carbocycles. The maximum absolute atomic E-state index is 13.0. The van der Waals surface area contributed by atoms with Crippen LogP contribution in [0.3, 0.4) is 0 Å². The van der Waals surface area contributed by atoms with Gasteiger partial charge in [0.1, 0.15) is 0 Å². The Hall–Kier alpha value is -1.36. The van der Waals surface area contributed by atoms with Crippen molar-refractivity contribution >= 4 is 0 Å². The lowest BCUT2D eigenvalue weighted by molar-refractivity contribution is 0.497. The molecule has 0 saturated carbocycles. The van der Waals surface area contributed by atoms with Crippen LogP contribution in [0, 0.1) is 24.0 Å². The molecular weight excluding hydrogens is 158 g/mol. The Morgan fingerprint density at radius 2 is 2.08 bits per heavy atom. The molecule has 0 N–H and O–H groups in total. The lowest BCUT2D eigenvalue weighted by Gasteiger charge is -2.05. The van der Waals surface area contributed by atoms with Gasteiger partial charge in [-0.3, -0.25) is 0 Å². The minimum Gasteiger partial charge on any atom is -0.204 e. The van der Waals surface area contributed by atoms with Crippen LogP contribution in [0.2, 0.25) is 0 Å². The average Bonchev–Trinajstić information content (AvgIpc) is 2.08. The van der Waals surface area contributed by atoms with Crippen LogP contribution in [0.15, 0.2) is 18.2 Å². The highest BCUT2D eigenvalue weighted by molar-refractivity contribution is 5.27.